The van der Waals surface area contributed by atoms with Crippen LogP contribution in [-0.4, -0.2) is 0 Å². The first-order valence-corrected chi connectivity index (χ1v) is 5.93. The number of fused-ring (bicyclic) bond motifs is 1. The molecule has 0 radical (unpaired) electrons. The van der Waals surface area contributed by atoms with Crippen LogP contribution in [-0.2, 0) is 0 Å². The fourth-order valence-electron chi connectivity index (χ4n) is 3.50. The predicted molar refractivity (Wildman–Crippen MR) is 50.9 cm³/mol. The summed E-state index contributed by atoms with van der Waals surface area (Å²) in [4.78, 5) is 0. The number of hydrogen-bond donors (Lipinski definition) is 0. The van der Waals surface area contributed by atoms with Crippen LogP contribution in [0.15, 0.2) is 0 Å². The van der Waals surface area contributed by atoms with E-state index in [4.69, 9.17) is 0 Å². The highest BCUT2D eigenvalue weighted by molar-refractivity contribution is 4.91. The van der Waals surface area contributed by atoms with Crippen LogP contribution in [0, 0.1) is 23.7 Å². The van der Waals surface area contributed by atoms with Crippen molar-refractivity contribution in [2.75, 3.05) is 0 Å². The van der Waals surface area contributed by atoms with E-state index >= 15 is 0 Å². The Kier molecular flexibility index (Phi) is 1.70. The van der Waals surface area contributed by atoms with Crippen LogP contribution in [0.2, 0.25) is 0 Å². The lowest BCUT2D eigenvalue weighted by atomic mass is 9.59. The molecule has 0 heteroatoms. The molecule has 0 bridgehead atoms. The molecule has 3 atom stereocenters. The van der Waals surface area contributed by atoms with E-state index < -0.39 is 0 Å². The minimum Gasteiger partial charge on any atom is -0.0528 e. The summed E-state index contributed by atoms with van der Waals surface area (Å²) in [6.07, 6.45) is 12.6. The third-order valence-corrected chi connectivity index (χ3v) is 4.56. The molecule has 3 unspecified atom stereocenters. The van der Waals surface area contributed by atoms with Gasteiger partial charge in [0.2, 0.25) is 0 Å². The summed E-state index contributed by atoms with van der Waals surface area (Å²) >= 11 is 0. The van der Waals surface area contributed by atoms with Crippen LogP contribution in [0.1, 0.15) is 51.4 Å². The molecule has 0 heterocycles. The lowest BCUT2D eigenvalue weighted by Crippen LogP contribution is -2.36. The van der Waals surface area contributed by atoms with E-state index in [1.165, 1.54) is 23.7 Å². The van der Waals surface area contributed by atoms with Gasteiger partial charge in [-0.15, -0.1) is 0 Å². The van der Waals surface area contributed by atoms with Crippen LogP contribution < -0.4 is 0 Å². The van der Waals surface area contributed by atoms with Crippen molar-refractivity contribution in [1.29, 1.82) is 0 Å². The molecule has 0 spiro atoms. The molecule has 68 valence electrons. The molecule has 3 saturated carbocycles. The second kappa shape index (κ2) is 2.75. The molecule has 0 nitrogen and oxygen atoms in total. The maximum absolute atomic E-state index is 1.61. The van der Waals surface area contributed by atoms with Gasteiger partial charge in [0.25, 0.3) is 0 Å². The molecular weight excluding hydrogens is 144 g/mol. The van der Waals surface area contributed by atoms with Gasteiger partial charge in [-0.05, 0) is 42.9 Å². The van der Waals surface area contributed by atoms with Crippen molar-refractivity contribution in [1.82, 2.24) is 0 Å². The summed E-state index contributed by atoms with van der Waals surface area (Å²) in [5.41, 5.74) is 0. The van der Waals surface area contributed by atoms with Gasteiger partial charge in [-0.1, -0.05) is 32.1 Å². The van der Waals surface area contributed by atoms with E-state index in [2.05, 4.69) is 0 Å². The van der Waals surface area contributed by atoms with Gasteiger partial charge < -0.3 is 0 Å². The lowest BCUT2D eigenvalue weighted by molar-refractivity contribution is 0.0450. The quantitative estimate of drug-likeness (QED) is 0.585. The van der Waals surface area contributed by atoms with E-state index in [9.17, 15) is 0 Å². The molecule has 3 aliphatic rings. The highest BCUT2D eigenvalue weighted by Crippen LogP contribution is 2.52. The molecular formula is C12H20. The average molecular weight is 164 g/mol. The van der Waals surface area contributed by atoms with Crippen LogP contribution in [0.4, 0.5) is 0 Å². The van der Waals surface area contributed by atoms with Gasteiger partial charge in [0.15, 0.2) is 0 Å². The summed E-state index contributed by atoms with van der Waals surface area (Å²) < 4.78 is 0. The largest absolute Gasteiger partial charge is 0.0528 e. The maximum atomic E-state index is 1.61. The van der Waals surface area contributed by atoms with E-state index in [1.54, 1.807) is 51.4 Å². The number of rotatable bonds is 2. The van der Waals surface area contributed by atoms with E-state index in [0.29, 0.717) is 0 Å². The summed E-state index contributed by atoms with van der Waals surface area (Å²) in [5.74, 6) is 4.72. The van der Waals surface area contributed by atoms with Crippen LogP contribution in [0.3, 0.4) is 0 Å². The van der Waals surface area contributed by atoms with E-state index in [-0.39, 0.29) is 0 Å². The predicted octanol–water partition coefficient (Wildman–Crippen LogP) is 3.61. The SMILES string of the molecule is C1CC2CCC2C(CC2CC2)C1. The minimum absolute atomic E-state index is 1.17. The monoisotopic (exact) mass is 164 g/mol. The molecule has 0 aromatic carbocycles. The van der Waals surface area contributed by atoms with Crippen molar-refractivity contribution >= 4 is 0 Å². The molecule has 12 heavy (non-hydrogen) atoms. The normalized spacial score (nSPS) is 46.5. The lowest BCUT2D eigenvalue weighted by Gasteiger charge is -2.46. The molecule has 0 saturated heterocycles. The molecule has 3 rings (SSSR count). The van der Waals surface area contributed by atoms with Gasteiger partial charge >= 0.3 is 0 Å². The summed E-state index contributed by atoms with van der Waals surface area (Å²) in [6.45, 7) is 0. The fraction of sp³-hybridized carbons (Fsp3) is 1.00. The van der Waals surface area contributed by atoms with Crippen molar-refractivity contribution in [2.24, 2.45) is 23.7 Å². The van der Waals surface area contributed by atoms with Crippen molar-refractivity contribution in [2.45, 2.75) is 51.4 Å². The molecule has 0 aromatic rings. The first-order chi connectivity index (χ1) is 5.93. The van der Waals surface area contributed by atoms with Crippen molar-refractivity contribution in [3.05, 3.63) is 0 Å². The Morgan fingerprint density at radius 1 is 0.833 bits per heavy atom. The zero-order chi connectivity index (χ0) is 7.97. The van der Waals surface area contributed by atoms with Crippen LogP contribution in [0.5, 0.6) is 0 Å². The highest BCUT2D eigenvalue weighted by atomic mass is 14.5. The molecule has 0 amide bonds. The second-order valence-electron chi connectivity index (χ2n) is 5.37. The van der Waals surface area contributed by atoms with Crippen LogP contribution >= 0.6 is 0 Å². The van der Waals surface area contributed by atoms with Gasteiger partial charge in [0.1, 0.15) is 0 Å². The Morgan fingerprint density at radius 2 is 1.75 bits per heavy atom. The summed E-state index contributed by atoms with van der Waals surface area (Å²) in [5, 5.41) is 0. The summed E-state index contributed by atoms with van der Waals surface area (Å²) in [6, 6.07) is 0. The van der Waals surface area contributed by atoms with Gasteiger partial charge in [-0.3, -0.25) is 0 Å². The van der Waals surface area contributed by atoms with Crippen LogP contribution in [0.25, 0.3) is 0 Å². The molecule has 3 fully saturated rings. The first kappa shape index (κ1) is 7.41. The summed E-state index contributed by atoms with van der Waals surface area (Å²) in [7, 11) is 0. The van der Waals surface area contributed by atoms with Crippen molar-refractivity contribution in [3.63, 3.8) is 0 Å². The van der Waals surface area contributed by atoms with Gasteiger partial charge in [0.05, 0.1) is 0 Å². The fourth-order valence-corrected chi connectivity index (χ4v) is 3.50. The van der Waals surface area contributed by atoms with Gasteiger partial charge in [0, 0.05) is 0 Å². The smallest absolute Gasteiger partial charge is 0.0357 e. The molecule has 0 aliphatic heterocycles. The standard InChI is InChI=1S/C12H20/c1-2-10-6-7-12(10)11(3-1)8-9-4-5-9/h9-12H,1-8H2. The zero-order valence-corrected chi connectivity index (χ0v) is 7.97. The third-order valence-electron chi connectivity index (χ3n) is 4.56. The Balaban J connectivity index is 1.60. The Hall–Kier alpha value is 0. The second-order valence-corrected chi connectivity index (χ2v) is 5.37. The minimum atomic E-state index is 1.17. The molecule has 3 aliphatic carbocycles. The zero-order valence-electron chi connectivity index (χ0n) is 7.97. The van der Waals surface area contributed by atoms with Crippen molar-refractivity contribution < 1.29 is 0 Å². The van der Waals surface area contributed by atoms with Crippen molar-refractivity contribution in [3.8, 4) is 0 Å². The van der Waals surface area contributed by atoms with Gasteiger partial charge in [-0.2, -0.15) is 0 Å². The van der Waals surface area contributed by atoms with Gasteiger partial charge in [-0.25, -0.2) is 0 Å². The Labute approximate surface area is 75.7 Å². The number of hydrogen-bond acceptors (Lipinski definition) is 0. The topological polar surface area (TPSA) is 0 Å². The highest BCUT2D eigenvalue weighted by Gasteiger charge is 2.41. The Bertz CT molecular complexity index is 169. The maximum Gasteiger partial charge on any atom is -0.0357 e. The average Bonchev–Trinajstić information content (AvgIpc) is 2.77. The molecule has 0 N–H and O–H groups in total. The molecule has 0 aromatic heterocycles. The first-order valence-electron chi connectivity index (χ1n) is 5.93. The van der Waals surface area contributed by atoms with E-state index in [1.807, 2.05) is 0 Å². The van der Waals surface area contributed by atoms with E-state index in [0.717, 1.165) is 0 Å². The Morgan fingerprint density at radius 3 is 2.42 bits per heavy atom. The third kappa shape index (κ3) is 1.20.